The van der Waals surface area contributed by atoms with Crippen molar-refractivity contribution in [3.05, 3.63) is 52.0 Å². The molecule has 2 saturated heterocycles. The minimum Gasteiger partial charge on any atom is -0.456 e. The summed E-state index contributed by atoms with van der Waals surface area (Å²) < 4.78 is 35.2. The van der Waals surface area contributed by atoms with Gasteiger partial charge in [-0.05, 0) is 55.7 Å². The second-order valence-corrected chi connectivity index (χ2v) is 11.2. The number of sulfonamides is 1. The van der Waals surface area contributed by atoms with E-state index in [0.717, 1.165) is 25.8 Å². The molecule has 2 aliphatic rings. The molecule has 4 rings (SSSR count). The van der Waals surface area contributed by atoms with E-state index in [4.69, 9.17) is 27.9 Å². The van der Waals surface area contributed by atoms with E-state index < -0.39 is 10.0 Å². The molecule has 0 aliphatic carbocycles. The normalized spacial score (nSPS) is 22.2. The van der Waals surface area contributed by atoms with Crippen LogP contribution in [0.1, 0.15) is 31.2 Å². The zero-order chi connectivity index (χ0) is 23.6. The topological polar surface area (TPSA) is 93.9 Å². The van der Waals surface area contributed by atoms with Crippen molar-refractivity contribution in [3.63, 3.8) is 0 Å². The Hall–Kier alpha value is -1.86. The summed E-state index contributed by atoms with van der Waals surface area (Å²) in [5.41, 5.74) is 0.223. The summed E-state index contributed by atoms with van der Waals surface area (Å²) >= 11 is 12.1. The monoisotopic (exact) mass is 509 g/mol. The largest absolute Gasteiger partial charge is 0.456 e. The Labute approximate surface area is 204 Å². The lowest BCUT2D eigenvalue weighted by atomic mass is 10.0. The van der Waals surface area contributed by atoms with E-state index in [2.05, 4.69) is 4.90 Å². The Morgan fingerprint density at radius 1 is 1.09 bits per heavy atom. The fraction of sp³-hybridized carbons (Fsp3) is 0.435. The molecule has 0 bridgehead atoms. The van der Waals surface area contributed by atoms with E-state index in [-0.39, 0.29) is 28.4 Å². The van der Waals surface area contributed by atoms with Crippen LogP contribution in [-0.2, 0) is 10.0 Å². The van der Waals surface area contributed by atoms with Crippen LogP contribution in [0.3, 0.4) is 0 Å². The highest BCUT2D eigenvalue weighted by atomic mass is 35.5. The Morgan fingerprint density at radius 2 is 1.85 bits per heavy atom. The fourth-order valence-corrected chi connectivity index (χ4v) is 6.79. The molecule has 2 aliphatic heterocycles. The van der Waals surface area contributed by atoms with Crippen molar-refractivity contribution in [2.24, 2.45) is 0 Å². The van der Waals surface area contributed by atoms with Gasteiger partial charge in [0.05, 0.1) is 17.7 Å². The van der Waals surface area contributed by atoms with Crippen molar-refractivity contribution in [1.82, 2.24) is 9.21 Å². The van der Waals surface area contributed by atoms with Crippen LogP contribution in [0.25, 0.3) is 0 Å². The molecule has 2 aromatic rings. The smallest absolute Gasteiger partial charge is 0.247 e. The first-order valence-corrected chi connectivity index (χ1v) is 13.1. The number of β-amino-alcohol motifs (C(OH)–C–C–N with tert-alkyl or cyclic N) is 1. The predicted octanol–water partition coefficient (Wildman–Crippen LogP) is 4.27. The molecule has 0 saturated carbocycles. The Morgan fingerprint density at radius 3 is 2.52 bits per heavy atom. The number of benzene rings is 2. The van der Waals surface area contributed by atoms with Crippen LogP contribution < -0.4 is 4.74 Å². The van der Waals surface area contributed by atoms with Gasteiger partial charge in [-0.3, -0.25) is 4.90 Å². The summed E-state index contributed by atoms with van der Waals surface area (Å²) in [6.07, 6.45) is 2.77. The van der Waals surface area contributed by atoms with Gasteiger partial charge in [0.25, 0.3) is 0 Å². The summed E-state index contributed by atoms with van der Waals surface area (Å²) in [4.78, 5) is 2.05. The molecular formula is C23H25Cl2N3O4S. The predicted molar refractivity (Wildman–Crippen MR) is 126 cm³/mol. The molecule has 7 nitrogen and oxygen atoms in total. The molecule has 2 aromatic carbocycles. The van der Waals surface area contributed by atoms with Gasteiger partial charge >= 0.3 is 0 Å². The van der Waals surface area contributed by atoms with Crippen molar-refractivity contribution in [2.75, 3.05) is 26.2 Å². The van der Waals surface area contributed by atoms with Crippen molar-refractivity contribution in [2.45, 2.75) is 42.7 Å². The number of likely N-dealkylation sites (tertiary alicyclic amines) is 1. The first-order chi connectivity index (χ1) is 15.8. The van der Waals surface area contributed by atoms with Crippen molar-refractivity contribution < 1.29 is 18.3 Å². The molecule has 10 heteroatoms. The summed E-state index contributed by atoms with van der Waals surface area (Å²) in [7, 11) is -3.97. The van der Waals surface area contributed by atoms with Crippen molar-refractivity contribution in [3.8, 4) is 17.6 Å². The number of nitriles is 1. The lowest BCUT2D eigenvalue weighted by Gasteiger charge is -2.37. The number of hydrogen-bond donors (Lipinski definition) is 1. The van der Waals surface area contributed by atoms with E-state index in [9.17, 15) is 18.8 Å². The lowest BCUT2D eigenvalue weighted by molar-refractivity contribution is 0.153. The molecule has 0 aromatic heterocycles. The highest BCUT2D eigenvalue weighted by Crippen LogP contribution is 2.36. The molecule has 2 fully saturated rings. The molecule has 0 radical (unpaired) electrons. The first kappa shape index (κ1) is 24.3. The average Bonchev–Trinajstić information content (AvgIpc) is 3.18. The number of rotatable bonds is 6. The maximum absolute atomic E-state index is 13.9. The Balaban J connectivity index is 1.68. The van der Waals surface area contributed by atoms with Crippen LogP contribution >= 0.6 is 23.2 Å². The first-order valence-electron chi connectivity index (χ1n) is 10.9. The van der Waals surface area contributed by atoms with Gasteiger partial charge < -0.3 is 9.84 Å². The van der Waals surface area contributed by atoms with Gasteiger partial charge in [-0.1, -0.05) is 29.6 Å². The van der Waals surface area contributed by atoms with Crippen LogP contribution in [0.5, 0.6) is 11.5 Å². The summed E-state index contributed by atoms with van der Waals surface area (Å²) in [6, 6.07) is 10.8. The minimum atomic E-state index is -3.97. The number of aliphatic hydroxyl groups excluding tert-OH is 1. The summed E-state index contributed by atoms with van der Waals surface area (Å²) in [5, 5.41) is 20.0. The second kappa shape index (κ2) is 10.2. The molecule has 0 spiro atoms. The molecule has 176 valence electrons. The van der Waals surface area contributed by atoms with Gasteiger partial charge in [0.2, 0.25) is 10.0 Å². The van der Waals surface area contributed by atoms with Crippen molar-refractivity contribution in [1.29, 1.82) is 5.26 Å². The second-order valence-electron chi connectivity index (χ2n) is 8.45. The van der Waals surface area contributed by atoms with E-state index in [1.54, 1.807) is 18.2 Å². The van der Waals surface area contributed by atoms with Gasteiger partial charge in [0, 0.05) is 42.3 Å². The standard InChI is InChI=1S/C23H25Cl2N3O4S/c24-17-10-18(25)12-21(11-17)32-22-5-4-16(13-26)9-23(22)33(30,31)28-7-2-1-3-19(28)14-27-8-6-20(29)15-27/h4-5,9-12,19-20,29H,1-3,6-8,14-15H2. The maximum Gasteiger partial charge on any atom is 0.247 e. The molecule has 2 unspecified atom stereocenters. The summed E-state index contributed by atoms with van der Waals surface area (Å²) in [5.74, 6) is 0.406. The SMILES string of the molecule is N#Cc1ccc(Oc2cc(Cl)cc(Cl)c2)c(S(=O)(=O)N2CCCCC2CN2CCC(O)C2)c1. The van der Waals surface area contributed by atoms with Crippen LogP contribution in [0.15, 0.2) is 41.3 Å². The third-order valence-corrected chi connectivity index (χ3v) is 8.42. The van der Waals surface area contributed by atoms with Crippen LogP contribution in [0, 0.1) is 11.3 Å². The number of aliphatic hydroxyl groups is 1. The van der Waals surface area contributed by atoms with Gasteiger partial charge in [0.15, 0.2) is 0 Å². The molecular weight excluding hydrogens is 485 g/mol. The lowest BCUT2D eigenvalue weighted by Crippen LogP contribution is -2.49. The van der Waals surface area contributed by atoms with Gasteiger partial charge in [-0.15, -0.1) is 0 Å². The Bertz CT molecular complexity index is 1150. The van der Waals surface area contributed by atoms with Crippen LogP contribution in [-0.4, -0.2) is 61.1 Å². The third-order valence-electron chi connectivity index (χ3n) is 6.01. The van der Waals surface area contributed by atoms with Gasteiger partial charge in [-0.2, -0.15) is 9.57 Å². The number of halogens is 2. The zero-order valence-electron chi connectivity index (χ0n) is 18.0. The number of piperidine rings is 1. The van der Waals surface area contributed by atoms with Crippen LogP contribution in [0.4, 0.5) is 0 Å². The zero-order valence-corrected chi connectivity index (χ0v) is 20.3. The van der Waals surface area contributed by atoms with Gasteiger partial charge in [-0.25, -0.2) is 8.42 Å². The quantitative estimate of drug-likeness (QED) is 0.624. The van der Waals surface area contributed by atoms with Crippen LogP contribution in [0.2, 0.25) is 10.0 Å². The van der Waals surface area contributed by atoms with E-state index in [1.165, 1.54) is 22.5 Å². The van der Waals surface area contributed by atoms with E-state index in [1.807, 2.05) is 6.07 Å². The maximum atomic E-state index is 13.9. The molecule has 33 heavy (non-hydrogen) atoms. The average molecular weight is 510 g/mol. The highest BCUT2D eigenvalue weighted by molar-refractivity contribution is 7.89. The Kier molecular flexibility index (Phi) is 7.49. The molecule has 1 N–H and O–H groups in total. The third kappa shape index (κ3) is 5.62. The number of nitrogens with zero attached hydrogens (tertiary/aromatic N) is 3. The number of hydrogen-bond acceptors (Lipinski definition) is 6. The minimum absolute atomic E-state index is 0.0639. The summed E-state index contributed by atoms with van der Waals surface area (Å²) in [6.45, 7) is 2.26. The van der Waals surface area contributed by atoms with E-state index in [0.29, 0.717) is 41.8 Å². The molecule has 2 heterocycles. The fourth-order valence-electron chi connectivity index (χ4n) is 4.45. The highest BCUT2D eigenvalue weighted by Gasteiger charge is 2.37. The molecule has 0 amide bonds. The molecule has 2 atom stereocenters. The van der Waals surface area contributed by atoms with Crippen molar-refractivity contribution >= 4 is 33.2 Å². The van der Waals surface area contributed by atoms with E-state index >= 15 is 0 Å². The van der Waals surface area contributed by atoms with Gasteiger partial charge in [0.1, 0.15) is 16.4 Å². The number of ether oxygens (including phenoxy) is 1.